The first kappa shape index (κ1) is 18.4. The van der Waals surface area contributed by atoms with E-state index in [9.17, 15) is 4.79 Å². The number of aromatic nitrogens is 1. The van der Waals surface area contributed by atoms with Crippen LogP contribution in [0.4, 0.5) is 0 Å². The summed E-state index contributed by atoms with van der Waals surface area (Å²) < 4.78 is 5.78. The molecule has 0 aliphatic carbocycles. The minimum atomic E-state index is 0.00111. The highest BCUT2D eigenvalue weighted by Crippen LogP contribution is 2.31. The van der Waals surface area contributed by atoms with Crippen LogP contribution in [0.1, 0.15) is 29.1 Å². The first-order chi connectivity index (χ1) is 12.9. The molecule has 140 valence electrons. The predicted octanol–water partition coefficient (Wildman–Crippen LogP) is 5.17. The van der Waals surface area contributed by atoms with Gasteiger partial charge in [0.1, 0.15) is 0 Å². The molecule has 0 saturated carbocycles. The van der Waals surface area contributed by atoms with Crippen LogP contribution in [-0.2, 0) is 4.74 Å². The van der Waals surface area contributed by atoms with Gasteiger partial charge in [0.05, 0.1) is 33.9 Å². The van der Waals surface area contributed by atoms with Gasteiger partial charge in [-0.3, -0.25) is 4.79 Å². The second-order valence-electron chi connectivity index (χ2n) is 7.09. The van der Waals surface area contributed by atoms with E-state index in [0.29, 0.717) is 23.7 Å². The van der Waals surface area contributed by atoms with E-state index in [1.54, 1.807) is 11.3 Å². The van der Waals surface area contributed by atoms with Crippen molar-refractivity contribution in [3.05, 3.63) is 51.9 Å². The molecule has 1 aromatic carbocycles. The lowest BCUT2D eigenvalue weighted by Gasteiger charge is -2.35. The molecule has 0 radical (unpaired) electrons. The summed E-state index contributed by atoms with van der Waals surface area (Å²) in [6.07, 6.45) is 0.0441. The summed E-state index contributed by atoms with van der Waals surface area (Å²) >= 11 is 7.89. The third-order valence-corrected chi connectivity index (χ3v) is 5.96. The van der Waals surface area contributed by atoms with Crippen molar-refractivity contribution in [3.8, 4) is 10.6 Å². The number of pyridine rings is 1. The van der Waals surface area contributed by atoms with E-state index in [4.69, 9.17) is 21.3 Å². The zero-order valence-electron chi connectivity index (χ0n) is 15.5. The minimum Gasteiger partial charge on any atom is -0.372 e. The molecule has 4 rings (SSSR count). The predicted molar refractivity (Wildman–Crippen MR) is 111 cm³/mol. The Kier molecular flexibility index (Phi) is 4.93. The summed E-state index contributed by atoms with van der Waals surface area (Å²) in [7, 11) is 0. The molecule has 2 aromatic heterocycles. The number of carbonyl (C=O) groups is 1. The van der Waals surface area contributed by atoms with Gasteiger partial charge < -0.3 is 9.64 Å². The lowest BCUT2D eigenvalue weighted by molar-refractivity contribution is -0.0585. The molecule has 0 unspecified atom stereocenters. The summed E-state index contributed by atoms with van der Waals surface area (Å²) in [4.78, 5) is 22.3. The van der Waals surface area contributed by atoms with Crippen molar-refractivity contribution >= 4 is 39.7 Å². The highest BCUT2D eigenvalue weighted by Gasteiger charge is 2.28. The van der Waals surface area contributed by atoms with Crippen LogP contribution in [0, 0.1) is 6.92 Å². The SMILES string of the molecule is Cc1ccc(-c2cc(C(=O)N3C[C@@H](C)O[C@H](C)C3)c3cc(Cl)ccc3n2)s1. The summed E-state index contributed by atoms with van der Waals surface area (Å²) in [5.74, 6) is 0.00111. The monoisotopic (exact) mass is 400 g/mol. The van der Waals surface area contributed by atoms with E-state index in [1.807, 2.05) is 43.0 Å². The maximum absolute atomic E-state index is 13.4. The molecule has 3 heterocycles. The summed E-state index contributed by atoms with van der Waals surface area (Å²) in [6, 6.07) is 11.5. The molecule has 2 atom stereocenters. The Balaban J connectivity index is 1.84. The average Bonchev–Trinajstić information content (AvgIpc) is 3.06. The van der Waals surface area contributed by atoms with Crippen molar-refractivity contribution in [2.24, 2.45) is 0 Å². The molecular weight excluding hydrogens is 380 g/mol. The van der Waals surface area contributed by atoms with E-state index in [0.717, 1.165) is 21.5 Å². The van der Waals surface area contributed by atoms with E-state index < -0.39 is 0 Å². The van der Waals surface area contributed by atoms with Crippen LogP contribution in [0.15, 0.2) is 36.4 Å². The molecule has 6 heteroatoms. The molecule has 0 spiro atoms. The Bertz CT molecular complexity index is 1010. The summed E-state index contributed by atoms with van der Waals surface area (Å²) in [5.41, 5.74) is 2.24. The molecule has 1 amide bonds. The van der Waals surface area contributed by atoms with E-state index >= 15 is 0 Å². The molecule has 4 nitrogen and oxygen atoms in total. The molecule has 1 fully saturated rings. The summed E-state index contributed by atoms with van der Waals surface area (Å²) in [6.45, 7) is 7.23. The smallest absolute Gasteiger partial charge is 0.254 e. The van der Waals surface area contributed by atoms with Gasteiger partial charge in [0.25, 0.3) is 5.91 Å². The van der Waals surface area contributed by atoms with Gasteiger partial charge in [-0.25, -0.2) is 4.98 Å². The number of ether oxygens (including phenoxy) is 1. The van der Waals surface area contributed by atoms with Crippen LogP contribution in [0.3, 0.4) is 0 Å². The number of amides is 1. The van der Waals surface area contributed by atoms with Gasteiger partial charge in [-0.05, 0) is 57.2 Å². The highest BCUT2D eigenvalue weighted by atomic mass is 35.5. The van der Waals surface area contributed by atoms with Crippen molar-refractivity contribution in [3.63, 3.8) is 0 Å². The topological polar surface area (TPSA) is 42.4 Å². The molecular formula is C21H21ClN2O2S. The molecule has 0 N–H and O–H groups in total. The number of nitrogens with zero attached hydrogens (tertiary/aromatic N) is 2. The Morgan fingerprint density at radius 2 is 1.93 bits per heavy atom. The summed E-state index contributed by atoms with van der Waals surface area (Å²) in [5, 5.41) is 1.39. The molecule has 1 saturated heterocycles. The normalized spacial score (nSPS) is 20.2. The van der Waals surface area contributed by atoms with Crippen LogP contribution in [-0.4, -0.2) is 41.1 Å². The standard InChI is InChI=1S/C21H21ClN2O2S/c1-12-10-24(11-13(2)26-12)21(25)17-9-19(20-7-4-14(3)27-20)23-18-6-5-15(22)8-16(17)18/h4-9,12-13H,10-11H2,1-3H3/t12-,13-/m1/s1. The van der Waals surface area contributed by atoms with E-state index in [2.05, 4.69) is 19.1 Å². The van der Waals surface area contributed by atoms with Gasteiger partial charge in [0.15, 0.2) is 0 Å². The van der Waals surface area contributed by atoms with Crippen LogP contribution >= 0.6 is 22.9 Å². The maximum Gasteiger partial charge on any atom is 0.254 e. The van der Waals surface area contributed by atoms with E-state index in [1.165, 1.54) is 4.88 Å². The number of hydrogen-bond acceptors (Lipinski definition) is 4. The molecule has 1 aliphatic heterocycles. The number of halogens is 1. The number of fused-ring (bicyclic) bond motifs is 1. The number of morpholine rings is 1. The minimum absolute atomic E-state index is 0.00111. The lowest BCUT2D eigenvalue weighted by atomic mass is 10.0. The van der Waals surface area contributed by atoms with Crippen molar-refractivity contribution in [2.45, 2.75) is 33.0 Å². The quantitative estimate of drug-likeness (QED) is 0.595. The van der Waals surface area contributed by atoms with Crippen LogP contribution < -0.4 is 0 Å². The van der Waals surface area contributed by atoms with E-state index in [-0.39, 0.29) is 18.1 Å². The van der Waals surface area contributed by atoms with Gasteiger partial charge in [0.2, 0.25) is 0 Å². The lowest BCUT2D eigenvalue weighted by Crippen LogP contribution is -2.48. The fourth-order valence-electron chi connectivity index (χ4n) is 3.59. The molecule has 0 bridgehead atoms. The van der Waals surface area contributed by atoms with Gasteiger partial charge in [0, 0.05) is 28.4 Å². The Hall–Kier alpha value is -1.95. The Labute approximate surface area is 167 Å². The third kappa shape index (κ3) is 3.72. The first-order valence-corrected chi connectivity index (χ1v) is 10.2. The third-order valence-electron chi connectivity index (χ3n) is 4.70. The van der Waals surface area contributed by atoms with Crippen molar-refractivity contribution < 1.29 is 9.53 Å². The second-order valence-corrected chi connectivity index (χ2v) is 8.82. The largest absolute Gasteiger partial charge is 0.372 e. The molecule has 3 aromatic rings. The fourth-order valence-corrected chi connectivity index (χ4v) is 4.59. The van der Waals surface area contributed by atoms with Crippen molar-refractivity contribution in [1.29, 1.82) is 0 Å². The van der Waals surface area contributed by atoms with Crippen LogP contribution in [0.25, 0.3) is 21.5 Å². The Morgan fingerprint density at radius 1 is 1.19 bits per heavy atom. The first-order valence-electron chi connectivity index (χ1n) is 9.02. The van der Waals surface area contributed by atoms with Gasteiger partial charge in [-0.2, -0.15) is 0 Å². The number of carbonyl (C=O) groups excluding carboxylic acids is 1. The number of benzene rings is 1. The number of hydrogen-bond donors (Lipinski definition) is 0. The Morgan fingerprint density at radius 3 is 2.59 bits per heavy atom. The zero-order valence-corrected chi connectivity index (χ0v) is 17.1. The molecule has 1 aliphatic rings. The average molecular weight is 401 g/mol. The zero-order chi connectivity index (χ0) is 19.1. The van der Waals surface area contributed by atoms with Gasteiger partial charge in [-0.1, -0.05) is 11.6 Å². The number of aryl methyl sites for hydroxylation is 1. The van der Waals surface area contributed by atoms with Crippen molar-refractivity contribution in [1.82, 2.24) is 9.88 Å². The highest BCUT2D eigenvalue weighted by molar-refractivity contribution is 7.15. The maximum atomic E-state index is 13.4. The molecule has 27 heavy (non-hydrogen) atoms. The van der Waals surface area contributed by atoms with Crippen LogP contribution in [0.2, 0.25) is 5.02 Å². The number of rotatable bonds is 2. The second kappa shape index (κ2) is 7.23. The van der Waals surface area contributed by atoms with Crippen LogP contribution in [0.5, 0.6) is 0 Å². The van der Waals surface area contributed by atoms with Crippen molar-refractivity contribution in [2.75, 3.05) is 13.1 Å². The van der Waals surface area contributed by atoms with Gasteiger partial charge in [-0.15, -0.1) is 11.3 Å². The number of thiophene rings is 1. The fraction of sp³-hybridized carbons (Fsp3) is 0.333. The van der Waals surface area contributed by atoms with Gasteiger partial charge >= 0.3 is 0 Å².